The van der Waals surface area contributed by atoms with Gasteiger partial charge in [-0.2, -0.15) is 0 Å². The van der Waals surface area contributed by atoms with Gasteiger partial charge in [0.1, 0.15) is 5.75 Å². The minimum Gasteiger partial charge on any atom is -0.496 e. The van der Waals surface area contributed by atoms with Gasteiger partial charge in [-0.15, -0.1) is 0 Å². The third-order valence-corrected chi connectivity index (χ3v) is 5.66. The standard InChI is InChI=1S/C17H22ClNO/c1-20-15-5-2-12(18)8-14(15)17(11-19-13-3-4-13)9-16(10-17)6-7-16/h2,5,8,13,19H,3-4,6-7,9-11H2,1H3. The second-order valence-corrected chi connectivity index (χ2v) is 7.57. The van der Waals surface area contributed by atoms with Gasteiger partial charge in [-0.1, -0.05) is 11.6 Å². The lowest BCUT2D eigenvalue weighted by Gasteiger charge is -2.50. The van der Waals surface area contributed by atoms with E-state index in [1.165, 1.54) is 44.1 Å². The summed E-state index contributed by atoms with van der Waals surface area (Å²) in [7, 11) is 1.76. The van der Waals surface area contributed by atoms with Crippen molar-refractivity contribution >= 4 is 11.6 Å². The fourth-order valence-corrected chi connectivity index (χ4v) is 4.22. The Bertz CT molecular complexity index is 526. The molecule has 1 spiro atoms. The highest BCUT2D eigenvalue weighted by atomic mass is 35.5. The zero-order chi connectivity index (χ0) is 13.8. The van der Waals surface area contributed by atoms with E-state index < -0.39 is 0 Å². The molecule has 0 radical (unpaired) electrons. The van der Waals surface area contributed by atoms with Crippen LogP contribution in [0.2, 0.25) is 5.02 Å². The van der Waals surface area contributed by atoms with Gasteiger partial charge >= 0.3 is 0 Å². The van der Waals surface area contributed by atoms with Crippen LogP contribution in [-0.4, -0.2) is 19.7 Å². The summed E-state index contributed by atoms with van der Waals surface area (Å²) < 4.78 is 5.61. The molecule has 0 saturated heterocycles. The molecular formula is C17H22ClNO. The van der Waals surface area contributed by atoms with Crippen molar-refractivity contribution in [1.82, 2.24) is 5.32 Å². The molecule has 3 saturated carbocycles. The molecule has 4 rings (SSSR count). The molecule has 0 atom stereocenters. The number of rotatable bonds is 5. The normalized spacial score (nSPS) is 25.3. The van der Waals surface area contributed by atoms with Crippen LogP contribution in [-0.2, 0) is 5.41 Å². The first-order valence-corrected chi connectivity index (χ1v) is 8.10. The van der Waals surface area contributed by atoms with Crippen molar-refractivity contribution in [1.29, 1.82) is 0 Å². The first-order valence-electron chi connectivity index (χ1n) is 7.72. The lowest BCUT2D eigenvalue weighted by atomic mass is 9.56. The van der Waals surface area contributed by atoms with E-state index in [1.54, 1.807) is 7.11 Å². The second kappa shape index (κ2) is 4.38. The molecule has 1 aromatic rings. The fraction of sp³-hybridized carbons (Fsp3) is 0.647. The summed E-state index contributed by atoms with van der Waals surface area (Å²) in [4.78, 5) is 0. The van der Waals surface area contributed by atoms with E-state index in [2.05, 4.69) is 11.4 Å². The van der Waals surface area contributed by atoms with Crippen LogP contribution in [0, 0.1) is 5.41 Å². The third kappa shape index (κ3) is 2.14. The predicted octanol–water partition coefficient (Wildman–Crippen LogP) is 3.91. The van der Waals surface area contributed by atoms with Crippen LogP contribution in [0.3, 0.4) is 0 Å². The summed E-state index contributed by atoms with van der Waals surface area (Å²) in [5, 5.41) is 4.56. The fourth-order valence-electron chi connectivity index (χ4n) is 4.05. The quantitative estimate of drug-likeness (QED) is 0.888. The number of benzene rings is 1. The van der Waals surface area contributed by atoms with Crippen molar-refractivity contribution in [3.05, 3.63) is 28.8 Å². The molecular weight excluding hydrogens is 270 g/mol. The summed E-state index contributed by atoms with van der Waals surface area (Å²) in [5.74, 6) is 1.00. The van der Waals surface area contributed by atoms with Gasteiger partial charge in [-0.05, 0) is 62.1 Å². The molecule has 0 aliphatic heterocycles. The van der Waals surface area contributed by atoms with Gasteiger partial charge in [0.25, 0.3) is 0 Å². The van der Waals surface area contributed by atoms with E-state index in [1.807, 2.05) is 12.1 Å². The molecule has 108 valence electrons. The number of ether oxygens (including phenoxy) is 1. The van der Waals surface area contributed by atoms with Crippen LogP contribution in [0.15, 0.2) is 18.2 Å². The number of hydrogen-bond donors (Lipinski definition) is 1. The lowest BCUT2D eigenvalue weighted by molar-refractivity contribution is 0.112. The van der Waals surface area contributed by atoms with Crippen LogP contribution in [0.25, 0.3) is 0 Å². The molecule has 0 bridgehead atoms. The van der Waals surface area contributed by atoms with E-state index in [-0.39, 0.29) is 5.41 Å². The predicted molar refractivity (Wildman–Crippen MR) is 81.6 cm³/mol. The van der Waals surface area contributed by atoms with Gasteiger partial charge in [-0.25, -0.2) is 0 Å². The van der Waals surface area contributed by atoms with Gasteiger partial charge in [0.15, 0.2) is 0 Å². The monoisotopic (exact) mass is 291 g/mol. The topological polar surface area (TPSA) is 21.3 Å². The molecule has 2 nitrogen and oxygen atoms in total. The zero-order valence-corrected chi connectivity index (χ0v) is 12.8. The molecule has 20 heavy (non-hydrogen) atoms. The first kappa shape index (κ1) is 13.0. The Kier molecular flexibility index (Phi) is 2.84. The number of nitrogens with one attached hydrogen (secondary N) is 1. The molecule has 0 amide bonds. The number of halogens is 1. The van der Waals surface area contributed by atoms with Crippen molar-refractivity contribution < 1.29 is 4.74 Å². The second-order valence-electron chi connectivity index (χ2n) is 7.13. The Labute approximate surface area is 125 Å². The van der Waals surface area contributed by atoms with Crippen molar-refractivity contribution in [2.75, 3.05) is 13.7 Å². The van der Waals surface area contributed by atoms with Gasteiger partial charge < -0.3 is 10.1 Å². The SMILES string of the molecule is COc1ccc(Cl)cc1C1(CNC2CC2)CC2(CC2)C1. The van der Waals surface area contributed by atoms with Crippen molar-refractivity contribution in [3.63, 3.8) is 0 Å². The summed E-state index contributed by atoms with van der Waals surface area (Å²) in [6.07, 6.45) is 8.12. The first-order chi connectivity index (χ1) is 9.65. The highest BCUT2D eigenvalue weighted by Gasteiger charge is 2.61. The molecule has 1 aromatic carbocycles. The van der Waals surface area contributed by atoms with Crippen LogP contribution >= 0.6 is 11.6 Å². The van der Waals surface area contributed by atoms with E-state index >= 15 is 0 Å². The van der Waals surface area contributed by atoms with Crippen molar-refractivity contribution in [2.24, 2.45) is 5.41 Å². The smallest absolute Gasteiger partial charge is 0.122 e. The Morgan fingerprint density at radius 3 is 2.65 bits per heavy atom. The molecule has 3 aliphatic rings. The Morgan fingerprint density at radius 1 is 1.30 bits per heavy atom. The zero-order valence-electron chi connectivity index (χ0n) is 12.0. The summed E-state index contributed by atoms with van der Waals surface area (Å²) in [6, 6.07) is 6.84. The molecule has 3 fully saturated rings. The van der Waals surface area contributed by atoms with E-state index in [0.29, 0.717) is 5.41 Å². The maximum absolute atomic E-state index is 6.25. The largest absolute Gasteiger partial charge is 0.496 e. The lowest BCUT2D eigenvalue weighted by Crippen LogP contribution is -2.50. The van der Waals surface area contributed by atoms with Crippen molar-refractivity contribution in [3.8, 4) is 5.75 Å². The maximum atomic E-state index is 6.25. The summed E-state index contributed by atoms with van der Waals surface area (Å²) >= 11 is 6.25. The van der Waals surface area contributed by atoms with Crippen LogP contribution in [0.5, 0.6) is 5.75 Å². The van der Waals surface area contributed by atoms with Gasteiger partial charge in [0.2, 0.25) is 0 Å². The molecule has 0 unspecified atom stereocenters. The Balaban J connectivity index is 1.64. The van der Waals surface area contributed by atoms with Crippen LogP contribution in [0.4, 0.5) is 0 Å². The molecule has 1 N–H and O–H groups in total. The van der Waals surface area contributed by atoms with Crippen LogP contribution in [0.1, 0.15) is 44.1 Å². The summed E-state index contributed by atoms with van der Waals surface area (Å²) in [5.41, 5.74) is 2.23. The minimum absolute atomic E-state index is 0.245. The molecule has 0 heterocycles. The van der Waals surface area contributed by atoms with E-state index in [0.717, 1.165) is 23.4 Å². The average Bonchev–Trinajstić information content (AvgIpc) is 3.29. The Morgan fingerprint density at radius 2 is 2.05 bits per heavy atom. The third-order valence-electron chi connectivity index (χ3n) is 5.42. The van der Waals surface area contributed by atoms with E-state index in [4.69, 9.17) is 16.3 Å². The van der Waals surface area contributed by atoms with E-state index in [9.17, 15) is 0 Å². The number of methoxy groups -OCH3 is 1. The average molecular weight is 292 g/mol. The number of hydrogen-bond acceptors (Lipinski definition) is 2. The van der Waals surface area contributed by atoms with Gasteiger partial charge in [0.05, 0.1) is 7.11 Å². The highest BCUT2D eigenvalue weighted by molar-refractivity contribution is 6.30. The van der Waals surface area contributed by atoms with Crippen LogP contribution < -0.4 is 10.1 Å². The molecule has 0 aromatic heterocycles. The van der Waals surface area contributed by atoms with Crippen molar-refractivity contribution in [2.45, 2.75) is 50.0 Å². The van der Waals surface area contributed by atoms with Gasteiger partial charge in [-0.3, -0.25) is 0 Å². The van der Waals surface area contributed by atoms with Gasteiger partial charge in [0, 0.05) is 28.6 Å². The maximum Gasteiger partial charge on any atom is 0.122 e. The highest BCUT2D eigenvalue weighted by Crippen LogP contribution is 2.69. The minimum atomic E-state index is 0.245. The molecule has 3 heteroatoms. The Hall–Kier alpha value is -0.730. The molecule has 3 aliphatic carbocycles. The summed E-state index contributed by atoms with van der Waals surface area (Å²) in [6.45, 7) is 1.08.